The molecule has 154 valence electrons. The smallest absolute Gasteiger partial charge is 0.256 e. The van der Waals surface area contributed by atoms with Crippen LogP contribution in [0.25, 0.3) is 0 Å². The van der Waals surface area contributed by atoms with E-state index in [2.05, 4.69) is 10.2 Å². The molecule has 1 fully saturated rings. The molecule has 0 saturated carbocycles. The number of hydrogen-bond donors (Lipinski definition) is 2. The molecular weight excluding hydrogens is 397 g/mol. The molecule has 0 atom stereocenters. The molecule has 0 aliphatic carbocycles. The van der Waals surface area contributed by atoms with Crippen LogP contribution < -0.4 is 15.8 Å². The van der Waals surface area contributed by atoms with Gasteiger partial charge in [-0.3, -0.25) is 9.69 Å². The topological polar surface area (TPSA) is 67.6 Å². The van der Waals surface area contributed by atoms with E-state index in [1.165, 1.54) is 25.9 Å². The molecule has 1 saturated heterocycles. The predicted molar refractivity (Wildman–Crippen MR) is 120 cm³/mol. The van der Waals surface area contributed by atoms with Crippen LogP contribution in [0.15, 0.2) is 36.4 Å². The molecule has 2 aromatic carbocycles. The third kappa shape index (κ3) is 6.30. The molecule has 0 bridgehead atoms. The standard InChI is InChI=1S/C21H27N3O2.2ClH/c1-15-5-6-17(22)14-19(15)21(25)23-18-7-8-20(16(2)13-18)26-12-11-24-9-3-4-10-24;;/h5-8,13-14H,3-4,9-12,22H2,1-2H3,(H,23,25);2*1H. The second-order valence-corrected chi connectivity index (χ2v) is 6.91. The summed E-state index contributed by atoms with van der Waals surface area (Å²) >= 11 is 0. The van der Waals surface area contributed by atoms with Crippen LogP contribution in [0.3, 0.4) is 0 Å². The molecule has 5 nitrogen and oxygen atoms in total. The van der Waals surface area contributed by atoms with Crippen molar-refractivity contribution >= 4 is 42.1 Å². The Morgan fingerprint density at radius 3 is 2.46 bits per heavy atom. The van der Waals surface area contributed by atoms with Gasteiger partial charge in [-0.15, -0.1) is 24.8 Å². The van der Waals surface area contributed by atoms with E-state index in [0.29, 0.717) is 17.9 Å². The molecule has 3 rings (SSSR count). The Bertz CT molecular complexity index is 793. The van der Waals surface area contributed by atoms with Gasteiger partial charge in [0.1, 0.15) is 12.4 Å². The minimum Gasteiger partial charge on any atom is -0.492 e. The number of nitrogens with two attached hydrogens (primary N) is 1. The van der Waals surface area contributed by atoms with Gasteiger partial charge in [-0.05, 0) is 81.2 Å². The van der Waals surface area contributed by atoms with E-state index in [1.54, 1.807) is 12.1 Å². The van der Waals surface area contributed by atoms with Crippen LogP contribution in [-0.4, -0.2) is 37.0 Å². The number of carbonyl (C=O) groups is 1. The second-order valence-electron chi connectivity index (χ2n) is 6.91. The molecule has 0 unspecified atom stereocenters. The normalized spacial score (nSPS) is 13.4. The number of nitrogen functional groups attached to an aromatic ring is 1. The summed E-state index contributed by atoms with van der Waals surface area (Å²) < 4.78 is 5.91. The average molecular weight is 426 g/mol. The van der Waals surface area contributed by atoms with Gasteiger partial charge < -0.3 is 15.8 Å². The number of nitrogens with one attached hydrogen (secondary N) is 1. The van der Waals surface area contributed by atoms with Crippen LogP contribution >= 0.6 is 24.8 Å². The maximum atomic E-state index is 12.5. The van der Waals surface area contributed by atoms with Gasteiger partial charge in [-0.1, -0.05) is 6.07 Å². The summed E-state index contributed by atoms with van der Waals surface area (Å²) in [4.78, 5) is 14.9. The zero-order valence-electron chi connectivity index (χ0n) is 16.4. The Morgan fingerprint density at radius 1 is 1.07 bits per heavy atom. The zero-order chi connectivity index (χ0) is 18.5. The van der Waals surface area contributed by atoms with Gasteiger partial charge >= 0.3 is 0 Å². The highest BCUT2D eigenvalue weighted by Gasteiger charge is 2.12. The molecule has 0 radical (unpaired) electrons. The highest BCUT2D eigenvalue weighted by Crippen LogP contribution is 2.23. The number of halogens is 2. The van der Waals surface area contributed by atoms with Crippen molar-refractivity contribution in [1.82, 2.24) is 4.90 Å². The zero-order valence-corrected chi connectivity index (χ0v) is 18.0. The van der Waals surface area contributed by atoms with Crippen LogP contribution in [0.1, 0.15) is 34.3 Å². The monoisotopic (exact) mass is 425 g/mol. The van der Waals surface area contributed by atoms with E-state index in [9.17, 15) is 4.79 Å². The third-order valence-electron chi connectivity index (χ3n) is 4.80. The van der Waals surface area contributed by atoms with Gasteiger partial charge in [0.05, 0.1) is 0 Å². The number of carbonyl (C=O) groups excluding carboxylic acids is 1. The summed E-state index contributed by atoms with van der Waals surface area (Å²) in [5.41, 5.74) is 9.63. The number of likely N-dealkylation sites (tertiary alicyclic amines) is 1. The van der Waals surface area contributed by atoms with E-state index in [1.807, 2.05) is 38.1 Å². The fourth-order valence-corrected chi connectivity index (χ4v) is 3.26. The second kappa shape index (κ2) is 11.1. The number of anilines is 2. The van der Waals surface area contributed by atoms with E-state index in [-0.39, 0.29) is 30.7 Å². The number of benzene rings is 2. The number of nitrogens with zero attached hydrogens (tertiary/aromatic N) is 1. The number of rotatable bonds is 6. The SMILES string of the molecule is Cc1cc(NC(=O)c2cc(N)ccc2C)ccc1OCCN1CCCC1.Cl.Cl. The Balaban J connectivity index is 0.00000196. The van der Waals surface area contributed by atoms with E-state index in [4.69, 9.17) is 10.5 Å². The van der Waals surface area contributed by atoms with Crippen molar-refractivity contribution in [2.45, 2.75) is 26.7 Å². The van der Waals surface area contributed by atoms with Crippen LogP contribution in [0.4, 0.5) is 11.4 Å². The summed E-state index contributed by atoms with van der Waals surface area (Å²) in [5, 5.41) is 2.94. The summed E-state index contributed by atoms with van der Waals surface area (Å²) in [5.74, 6) is 0.708. The molecule has 1 aliphatic heterocycles. The Labute approximate surface area is 179 Å². The molecule has 2 aromatic rings. The number of aryl methyl sites for hydroxylation is 2. The largest absolute Gasteiger partial charge is 0.492 e. The van der Waals surface area contributed by atoms with Gasteiger partial charge in [-0.2, -0.15) is 0 Å². The number of hydrogen-bond acceptors (Lipinski definition) is 4. The lowest BCUT2D eigenvalue weighted by Gasteiger charge is -2.16. The maximum Gasteiger partial charge on any atom is 0.256 e. The van der Waals surface area contributed by atoms with Gasteiger partial charge in [0.25, 0.3) is 5.91 Å². The van der Waals surface area contributed by atoms with E-state index < -0.39 is 0 Å². The van der Waals surface area contributed by atoms with Crippen LogP contribution in [0.5, 0.6) is 5.75 Å². The molecule has 0 aromatic heterocycles. The fourth-order valence-electron chi connectivity index (χ4n) is 3.26. The minimum atomic E-state index is -0.156. The first kappa shape index (κ1) is 24.1. The molecule has 1 heterocycles. The summed E-state index contributed by atoms with van der Waals surface area (Å²) in [6.45, 7) is 7.90. The molecule has 28 heavy (non-hydrogen) atoms. The summed E-state index contributed by atoms with van der Waals surface area (Å²) in [6, 6.07) is 11.1. The van der Waals surface area contributed by atoms with Crippen LogP contribution in [0.2, 0.25) is 0 Å². The third-order valence-corrected chi connectivity index (χ3v) is 4.80. The predicted octanol–water partition coefficient (Wildman–Crippen LogP) is 4.46. The quantitative estimate of drug-likeness (QED) is 0.670. The van der Waals surface area contributed by atoms with Gasteiger partial charge in [0.2, 0.25) is 0 Å². The van der Waals surface area contributed by atoms with Crippen molar-refractivity contribution in [2.75, 3.05) is 37.3 Å². The number of ether oxygens (including phenoxy) is 1. The van der Waals surface area contributed by atoms with Crippen molar-refractivity contribution in [3.05, 3.63) is 53.1 Å². The lowest BCUT2D eigenvalue weighted by atomic mass is 10.1. The van der Waals surface area contributed by atoms with Crippen molar-refractivity contribution in [3.8, 4) is 5.75 Å². The first-order valence-electron chi connectivity index (χ1n) is 9.16. The highest BCUT2D eigenvalue weighted by molar-refractivity contribution is 6.05. The average Bonchev–Trinajstić information content (AvgIpc) is 3.12. The van der Waals surface area contributed by atoms with Crippen LogP contribution in [0, 0.1) is 13.8 Å². The maximum absolute atomic E-state index is 12.5. The molecule has 7 heteroatoms. The Hall–Kier alpha value is -1.95. The lowest BCUT2D eigenvalue weighted by molar-refractivity contribution is 0.102. The Morgan fingerprint density at radius 2 is 1.79 bits per heavy atom. The molecule has 0 spiro atoms. The Kier molecular flexibility index (Phi) is 9.59. The summed E-state index contributed by atoms with van der Waals surface area (Å²) in [7, 11) is 0. The molecule has 1 aliphatic rings. The molecular formula is C21H29Cl2N3O2. The van der Waals surface area contributed by atoms with E-state index >= 15 is 0 Å². The van der Waals surface area contributed by atoms with Crippen molar-refractivity contribution in [1.29, 1.82) is 0 Å². The molecule has 1 amide bonds. The van der Waals surface area contributed by atoms with Crippen LogP contribution in [-0.2, 0) is 0 Å². The van der Waals surface area contributed by atoms with Gasteiger partial charge in [0.15, 0.2) is 0 Å². The summed E-state index contributed by atoms with van der Waals surface area (Å²) in [6.07, 6.45) is 2.58. The first-order valence-corrected chi connectivity index (χ1v) is 9.16. The fraction of sp³-hybridized carbons (Fsp3) is 0.381. The van der Waals surface area contributed by atoms with Crippen molar-refractivity contribution < 1.29 is 9.53 Å². The lowest BCUT2D eigenvalue weighted by Crippen LogP contribution is -2.25. The van der Waals surface area contributed by atoms with Crippen molar-refractivity contribution in [2.24, 2.45) is 0 Å². The van der Waals surface area contributed by atoms with E-state index in [0.717, 1.165) is 29.1 Å². The van der Waals surface area contributed by atoms with Crippen molar-refractivity contribution in [3.63, 3.8) is 0 Å². The van der Waals surface area contributed by atoms with Gasteiger partial charge in [-0.25, -0.2) is 0 Å². The molecule has 3 N–H and O–H groups in total. The number of amides is 1. The minimum absolute atomic E-state index is 0. The highest BCUT2D eigenvalue weighted by atomic mass is 35.5. The van der Waals surface area contributed by atoms with Gasteiger partial charge in [0, 0.05) is 23.5 Å². The first-order chi connectivity index (χ1) is 12.5.